The van der Waals surface area contributed by atoms with Crippen molar-refractivity contribution < 1.29 is 14.2 Å². The van der Waals surface area contributed by atoms with Gasteiger partial charge >= 0.3 is 0 Å². The molecule has 0 amide bonds. The van der Waals surface area contributed by atoms with Gasteiger partial charge in [0.1, 0.15) is 17.0 Å². The van der Waals surface area contributed by atoms with E-state index in [1.807, 2.05) is 6.07 Å². The molecule has 2 aromatic heterocycles. The monoisotopic (exact) mass is 504 g/mol. The average molecular weight is 505 g/mol. The minimum absolute atomic E-state index is 0.0468. The summed E-state index contributed by atoms with van der Waals surface area (Å²) in [7, 11) is 3.08. The van der Waals surface area contributed by atoms with Gasteiger partial charge in [0, 0.05) is 29.8 Å². The number of rotatable bonds is 8. The third-order valence-electron chi connectivity index (χ3n) is 6.09. The molecule has 3 aromatic rings. The van der Waals surface area contributed by atoms with Crippen LogP contribution in [0.15, 0.2) is 18.3 Å². The Labute approximate surface area is 207 Å². The zero-order chi connectivity index (χ0) is 23.8. The molecule has 0 unspecified atom stereocenters. The number of anilines is 2. The van der Waals surface area contributed by atoms with Gasteiger partial charge in [-0.1, -0.05) is 23.2 Å². The number of fused-ring (bicyclic) bond motifs is 1. The second kappa shape index (κ2) is 9.58. The van der Waals surface area contributed by atoms with E-state index < -0.39 is 0 Å². The van der Waals surface area contributed by atoms with Crippen LogP contribution in [0.3, 0.4) is 0 Å². The molecule has 3 heterocycles. The highest BCUT2D eigenvalue weighted by atomic mass is 35.5. The van der Waals surface area contributed by atoms with Crippen molar-refractivity contribution in [1.29, 1.82) is 0 Å². The van der Waals surface area contributed by atoms with Crippen molar-refractivity contribution >= 4 is 45.9 Å². The number of methoxy groups -OCH3 is 2. The molecule has 11 heteroatoms. The van der Waals surface area contributed by atoms with Gasteiger partial charge in [-0.3, -0.25) is 0 Å². The van der Waals surface area contributed by atoms with Crippen LogP contribution < -0.4 is 25.8 Å². The van der Waals surface area contributed by atoms with Crippen molar-refractivity contribution in [3.05, 3.63) is 28.4 Å². The highest BCUT2D eigenvalue weighted by Gasteiger charge is 2.27. The fraction of sp³-hybridized carbons (Fsp3) is 0.435. The minimum Gasteiger partial charge on any atom is -0.495 e. The Morgan fingerprint density at radius 1 is 1.09 bits per heavy atom. The summed E-state index contributed by atoms with van der Waals surface area (Å²) >= 11 is 13.3. The summed E-state index contributed by atoms with van der Waals surface area (Å²) in [5, 5.41) is 8.22. The maximum Gasteiger partial charge on any atom is 0.223 e. The summed E-state index contributed by atoms with van der Waals surface area (Å²) in [4.78, 5) is 14.1. The summed E-state index contributed by atoms with van der Waals surface area (Å²) in [5.41, 5.74) is 7.88. The van der Waals surface area contributed by atoms with Crippen molar-refractivity contribution in [2.45, 2.75) is 24.9 Å². The molecule has 0 radical (unpaired) electrons. The summed E-state index contributed by atoms with van der Waals surface area (Å²) < 4.78 is 16.3. The number of hydrogen-bond donors (Lipinski definition) is 3. The Morgan fingerprint density at radius 2 is 1.82 bits per heavy atom. The van der Waals surface area contributed by atoms with Crippen LogP contribution in [-0.4, -0.2) is 61.0 Å². The number of nitrogens with two attached hydrogens (primary N) is 1. The third-order valence-corrected chi connectivity index (χ3v) is 6.84. The molecule has 1 saturated heterocycles. The lowest BCUT2D eigenvalue weighted by atomic mass is 10.1. The lowest BCUT2D eigenvalue weighted by molar-refractivity contribution is 0.192. The van der Waals surface area contributed by atoms with Gasteiger partial charge in [0.2, 0.25) is 5.95 Å². The third kappa shape index (κ3) is 4.53. The summed E-state index contributed by atoms with van der Waals surface area (Å²) in [5.74, 6) is 2.63. The van der Waals surface area contributed by atoms with Crippen molar-refractivity contribution in [3.63, 3.8) is 0 Å². The first kappa shape index (κ1) is 23.2. The Morgan fingerprint density at radius 3 is 2.44 bits per heavy atom. The fourth-order valence-electron chi connectivity index (χ4n) is 3.92. The van der Waals surface area contributed by atoms with Crippen LogP contribution in [0, 0.1) is 5.92 Å². The zero-order valence-electron chi connectivity index (χ0n) is 18.9. The average Bonchev–Trinajstić information content (AvgIpc) is 3.59. The molecule has 1 saturated carbocycles. The number of ether oxygens (including phenoxy) is 3. The van der Waals surface area contributed by atoms with E-state index in [9.17, 15) is 0 Å². The van der Waals surface area contributed by atoms with Crippen LogP contribution in [0.4, 0.5) is 11.8 Å². The molecule has 1 aliphatic carbocycles. The Kier molecular flexibility index (Phi) is 6.52. The van der Waals surface area contributed by atoms with E-state index in [0.29, 0.717) is 69.2 Å². The van der Waals surface area contributed by atoms with Crippen LogP contribution in [0.5, 0.6) is 11.5 Å². The van der Waals surface area contributed by atoms with E-state index in [2.05, 4.69) is 15.6 Å². The number of benzene rings is 1. The Bertz CT molecular complexity index is 1200. The van der Waals surface area contributed by atoms with Gasteiger partial charge in [-0.15, -0.1) is 0 Å². The maximum atomic E-state index is 6.66. The van der Waals surface area contributed by atoms with Crippen LogP contribution in [0.2, 0.25) is 10.0 Å². The standard InChI is InChI=1S/C23H26Cl2N6O3/c1-32-16-6-17(33-2)20(25)18(19(16)24)14-5-12-8-28-23(30-15-10-34-9-13(15)26)31-21(12)22(29-14)27-7-11-3-4-11/h5-6,8,11,13,15H,3-4,7,9-10,26H2,1-2H3,(H,27,29)(H,28,30,31)/t13-,15+/m0/s1. The SMILES string of the molecule is COc1cc(OC)c(Cl)c(-c2cc3cnc(N[C@@H]4COC[C@@H]4N)nc3c(NCC3CC3)n2)c1Cl. The summed E-state index contributed by atoms with van der Waals surface area (Å²) in [6.45, 7) is 1.83. The van der Waals surface area contributed by atoms with E-state index in [-0.39, 0.29) is 12.1 Å². The number of pyridine rings is 1. The Balaban J connectivity index is 1.60. The van der Waals surface area contributed by atoms with Crippen molar-refractivity contribution in [2.75, 3.05) is 44.6 Å². The number of hydrogen-bond acceptors (Lipinski definition) is 9. The maximum absolute atomic E-state index is 6.66. The predicted molar refractivity (Wildman–Crippen MR) is 133 cm³/mol. The second-order valence-electron chi connectivity index (χ2n) is 8.55. The molecule has 2 atom stereocenters. The highest BCUT2D eigenvalue weighted by molar-refractivity contribution is 6.41. The quantitative estimate of drug-likeness (QED) is 0.418. The van der Waals surface area contributed by atoms with Crippen LogP contribution >= 0.6 is 23.2 Å². The largest absolute Gasteiger partial charge is 0.495 e. The summed E-state index contributed by atoms with van der Waals surface area (Å²) in [6, 6.07) is 3.35. The molecule has 4 N–H and O–H groups in total. The molecular weight excluding hydrogens is 479 g/mol. The van der Waals surface area contributed by atoms with E-state index in [1.54, 1.807) is 26.5 Å². The van der Waals surface area contributed by atoms with Gasteiger partial charge in [0.25, 0.3) is 0 Å². The van der Waals surface area contributed by atoms with Crippen LogP contribution in [0.25, 0.3) is 22.2 Å². The van der Waals surface area contributed by atoms with E-state index in [0.717, 1.165) is 11.9 Å². The first-order chi connectivity index (χ1) is 16.5. The van der Waals surface area contributed by atoms with Gasteiger partial charge in [0.15, 0.2) is 5.82 Å². The molecule has 0 spiro atoms. The number of halogens is 2. The topological polar surface area (TPSA) is 116 Å². The molecule has 2 aliphatic rings. The van der Waals surface area contributed by atoms with Gasteiger partial charge in [0.05, 0.1) is 55.3 Å². The smallest absolute Gasteiger partial charge is 0.223 e. The predicted octanol–water partition coefficient (Wildman–Crippen LogP) is 3.98. The molecule has 2 fully saturated rings. The van der Waals surface area contributed by atoms with Gasteiger partial charge in [-0.05, 0) is 24.8 Å². The van der Waals surface area contributed by atoms with Crippen LogP contribution in [-0.2, 0) is 4.74 Å². The lowest BCUT2D eigenvalue weighted by Crippen LogP contribution is -2.39. The molecule has 1 aliphatic heterocycles. The lowest BCUT2D eigenvalue weighted by Gasteiger charge is -2.17. The summed E-state index contributed by atoms with van der Waals surface area (Å²) in [6.07, 6.45) is 4.16. The minimum atomic E-state index is -0.111. The van der Waals surface area contributed by atoms with Crippen molar-refractivity contribution in [2.24, 2.45) is 11.7 Å². The van der Waals surface area contributed by atoms with E-state index in [4.69, 9.17) is 53.1 Å². The van der Waals surface area contributed by atoms with Crippen molar-refractivity contribution in [3.8, 4) is 22.8 Å². The normalized spacial score (nSPS) is 19.9. The highest BCUT2D eigenvalue weighted by Crippen LogP contribution is 2.46. The first-order valence-electron chi connectivity index (χ1n) is 11.1. The van der Waals surface area contributed by atoms with Crippen LogP contribution in [0.1, 0.15) is 12.8 Å². The number of nitrogens with one attached hydrogen (secondary N) is 2. The fourth-order valence-corrected chi connectivity index (χ4v) is 4.61. The van der Waals surface area contributed by atoms with Gasteiger partial charge < -0.3 is 30.6 Å². The molecule has 180 valence electrons. The first-order valence-corrected chi connectivity index (χ1v) is 11.9. The van der Waals surface area contributed by atoms with Crippen molar-refractivity contribution in [1.82, 2.24) is 15.0 Å². The molecule has 1 aromatic carbocycles. The van der Waals surface area contributed by atoms with E-state index in [1.165, 1.54) is 12.8 Å². The van der Waals surface area contributed by atoms with Gasteiger partial charge in [-0.2, -0.15) is 0 Å². The van der Waals surface area contributed by atoms with E-state index >= 15 is 0 Å². The zero-order valence-corrected chi connectivity index (χ0v) is 20.4. The molecule has 5 rings (SSSR count). The number of aromatic nitrogens is 3. The molecule has 9 nitrogen and oxygen atoms in total. The molecular formula is C23H26Cl2N6O3. The number of nitrogens with zero attached hydrogens (tertiary/aromatic N) is 3. The molecule has 34 heavy (non-hydrogen) atoms. The second-order valence-corrected chi connectivity index (χ2v) is 9.30. The molecule has 0 bridgehead atoms. The van der Waals surface area contributed by atoms with Gasteiger partial charge in [-0.25, -0.2) is 15.0 Å². The Hall–Kier alpha value is -2.59.